The van der Waals surface area contributed by atoms with E-state index in [0.29, 0.717) is 11.0 Å². The van der Waals surface area contributed by atoms with Crippen molar-refractivity contribution < 1.29 is 8.42 Å². The lowest BCUT2D eigenvalue weighted by atomic mass is 10.4. The van der Waals surface area contributed by atoms with E-state index in [9.17, 15) is 8.42 Å². The van der Waals surface area contributed by atoms with Crippen LogP contribution in [0.25, 0.3) is 0 Å². The van der Waals surface area contributed by atoms with E-state index in [-0.39, 0.29) is 10.7 Å². The summed E-state index contributed by atoms with van der Waals surface area (Å²) in [5.41, 5.74) is 2.30. The van der Waals surface area contributed by atoms with Crippen molar-refractivity contribution in [3.05, 3.63) is 16.7 Å². The zero-order valence-corrected chi connectivity index (χ0v) is 14.1. The van der Waals surface area contributed by atoms with Crippen LogP contribution in [-0.2, 0) is 10.0 Å². The summed E-state index contributed by atoms with van der Waals surface area (Å²) in [7, 11) is -3.62. The summed E-state index contributed by atoms with van der Waals surface area (Å²) in [4.78, 5) is 6.34. The van der Waals surface area contributed by atoms with Gasteiger partial charge in [0.2, 0.25) is 10.0 Å². The zero-order chi connectivity index (χ0) is 15.3. The van der Waals surface area contributed by atoms with E-state index in [2.05, 4.69) is 36.0 Å². The molecule has 1 aromatic rings. The quantitative estimate of drug-likeness (QED) is 0.370. The third-order valence-corrected chi connectivity index (χ3v) is 5.30. The average molecular weight is 378 g/mol. The molecule has 1 saturated heterocycles. The Kier molecular flexibility index (Phi) is 5.94. The second-order valence-electron chi connectivity index (χ2n) is 4.94. The number of hydrogen-bond donors (Lipinski definition) is 3. The lowest BCUT2D eigenvalue weighted by Gasteiger charge is -2.15. The van der Waals surface area contributed by atoms with Crippen LogP contribution in [0.5, 0.6) is 0 Å². The number of aromatic nitrogens is 1. The van der Waals surface area contributed by atoms with Gasteiger partial charge in [-0.2, -0.15) is 0 Å². The second-order valence-corrected chi connectivity index (χ2v) is 7.60. The Morgan fingerprint density at radius 2 is 2.10 bits per heavy atom. The van der Waals surface area contributed by atoms with Gasteiger partial charge in [-0.1, -0.05) is 0 Å². The van der Waals surface area contributed by atoms with Crippen molar-refractivity contribution in [2.75, 3.05) is 31.6 Å². The lowest BCUT2D eigenvalue weighted by Crippen LogP contribution is -2.29. The van der Waals surface area contributed by atoms with Crippen molar-refractivity contribution in [1.82, 2.24) is 14.6 Å². The summed E-state index contributed by atoms with van der Waals surface area (Å²) in [6, 6.07) is 1.48. The van der Waals surface area contributed by atoms with E-state index in [0.717, 1.165) is 26.1 Å². The highest BCUT2D eigenvalue weighted by Crippen LogP contribution is 2.21. The minimum Gasteiger partial charge on any atom is -0.307 e. The Labute approximate surface area is 133 Å². The SMILES string of the molecule is NNc1ncc(Br)cc1S(=O)(=O)NCCCN1CCCC1. The van der Waals surface area contributed by atoms with Crippen LogP contribution in [0.3, 0.4) is 0 Å². The van der Waals surface area contributed by atoms with E-state index < -0.39 is 10.0 Å². The van der Waals surface area contributed by atoms with Crippen molar-refractivity contribution in [2.24, 2.45) is 5.84 Å². The lowest BCUT2D eigenvalue weighted by molar-refractivity contribution is 0.334. The van der Waals surface area contributed by atoms with Crippen LogP contribution in [0.4, 0.5) is 5.82 Å². The fraction of sp³-hybridized carbons (Fsp3) is 0.583. The molecular formula is C12H20BrN5O2S. The fourth-order valence-electron chi connectivity index (χ4n) is 2.33. The fourth-order valence-corrected chi connectivity index (χ4v) is 4.03. The molecule has 0 aliphatic carbocycles. The molecule has 0 spiro atoms. The largest absolute Gasteiger partial charge is 0.307 e. The molecule has 2 heterocycles. The van der Waals surface area contributed by atoms with Crippen LogP contribution in [0.1, 0.15) is 19.3 Å². The summed E-state index contributed by atoms with van der Waals surface area (Å²) < 4.78 is 27.7. The number of rotatable bonds is 7. The first-order valence-corrected chi connectivity index (χ1v) is 9.15. The second kappa shape index (κ2) is 7.50. The van der Waals surface area contributed by atoms with Crippen LogP contribution < -0.4 is 16.0 Å². The average Bonchev–Trinajstić information content (AvgIpc) is 2.97. The van der Waals surface area contributed by atoms with Crippen molar-refractivity contribution in [2.45, 2.75) is 24.2 Å². The monoisotopic (exact) mass is 377 g/mol. The number of halogens is 1. The van der Waals surface area contributed by atoms with Crippen LogP contribution in [0.15, 0.2) is 21.6 Å². The number of hydrazine groups is 1. The molecule has 0 unspecified atom stereocenters. The van der Waals surface area contributed by atoms with Gasteiger partial charge in [-0.05, 0) is 60.9 Å². The van der Waals surface area contributed by atoms with Gasteiger partial charge in [-0.15, -0.1) is 0 Å². The minimum atomic E-state index is -3.62. The van der Waals surface area contributed by atoms with Crippen LogP contribution in [0, 0.1) is 0 Å². The number of sulfonamides is 1. The molecular weight excluding hydrogens is 358 g/mol. The van der Waals surface area contributed by atoms with Gasteiger partial charge in [0.1, 0.15) is 4.90 Å². The van der Waals surface area contributed by atoms with E-state index in [1.165, 1.54) is 25.1 Å². The minimum absolute atomic E-state index is 0.0422. The molecule has 1 aliphatic heterocycles. The number of anilines is 1. The van der Waals surface area contributed by atoms with E-state index in [1.54, 1.807) is 0 Å². The Morgan fingerprint density at radius 1 is 1.38 bits per heavy atom. The molecule has 0 radical (unpaired) electrons. The third-order valence-electron chi connectivity index (χ3n) is 3.39. The summed E-state index contributed by atoms with van der Waals surface area (Å²) in [6.45, 7) is 3.55. The van der Waals surface area contributed by atoms with Gasteiger partial charge in [0.25, 0.3) is 0 Å². The molecule has 1 fully saturated rings. The summed E-state index contributed by atoms with van der Waals surface area (Å²) in [5, 5.41) is 0. The predicted octanol–water partition coefficient (Wildman–Crippen LogP) is 0.894. The number of nitrogens with two attached hydrogens (primary N) is 1. The van der Waals surface area contributed by atoms with E-state index in [4.69, 9.17) is 5.84 Å². The Balaban J connectivity index is 1.93. The first-order valence-electron chi connectivity index (χ1n) is 6.87. The Bertz CT molecular complexity index is 575. The van der Waals surface area contributed by atoms with Gasteiger partial charge < -0.3 is 10.3 Å². The maximum Gasteiger partial charge on any atom is 0.244 e. The molecule has 1 aromatic heterocycles. The van der Waals surface area contributed by atoms with Crippen LogP contribution in [0.2, 0.25) is 0 Å². The molecule has 21 heavy (non-hydrogen) atoms. The number of hydrogen-bond acceptors (Lipinski definition) is 6. The number of pyridine rings is 1. The topological polar surface area (TPSA) is 100 Å². The Hall–Kier alpha value is -0.740. The first kappa shape index (κ1) is 16.6. The third kappa shape index (κ3) is 4.62. The van der Waals surface area contributed by atoms with Crippen molar-refractivity contribution in [1.29, 1.82) is 0 Å². The van der Waals surface area contributed by atoms with Crippen molar-refractivity contribution in [3.63, 3.8) is 0 Å². The highest BCUT2D eigenvalue weighted by atomic mass is 79.9. The van der Waals surface area contributed by atoms with Crippen LogP contribution >= 0.6 is 15.9 Å². The first-order chi connectivity index (χ1) is 10.0. The zero-order valence-electron chi connectivity index (χ0n) is 11.7. The molecule has 0 bridgehead atoms. The molecule has 118 valence electrons. The van der Waals surface area contributed by atoms with Gasteiger partial charge in [0.15, 0.2) is 5.82 Å². The maximum absolute atomic E-state index is 12.3. The molecule has 0 saturated carbocycles. The smallest absolute Gasteiger partial charge is 0.244 e. The highest BCUT2D eigenvalue weighted by Gasteiger charge is 2.20. The molecule has 0 atom stereocenters. The number of nitrogen functional groups attached to an aromatic ring is 1. The van der Waals surface area contributed by atoms with E-state index in [1.807, 2.05) is 0 Å². The predicted molar refractivity (Wildman–Crippen MR) is 85.2 cm³/mol. The molecule has 7 nitrogen and oxygen atoms in total. The standard InChI is InChI=1S/C12H20BrN5O2S/c13-10-8-11(12(17-14)15-9-10)21(19,20)16-4-3-7-18-5-1-2-6-18/h8-9,16H,1-7,14H2,(H,15,17). The van der Waals surface area contributed by atoms with Gasteiger partial charge in [0.05, 0.1) is 0 Å². The van der Waals surface area contributed by atoms with Crippen LogP contribution in [-0.4, -0.2) is 44.5 Å². The number of nitrogens with one attached hydrogen (secondary N) is 2. The summed E-state index contributed by atoms with van der Waals surface area (Å²) in [5.74, 6) is 5.44. The Morgan fingerprint density at radius 3 is 2.76 bits per heavy atom. The number of likely N-dealkylation sites (tertiary alicyclic amines) is 1. The van der Waals surface area contributed by atoms with Gasteiger partial charge >= 0.3 is 0 Å². The summed E-state index contributed by atoms with van der Waals surface area (Å²) >= 11 is 3.21. The molecule has 4 N–H and O–H groups in total. The molecule has 9 heteroatoms. The molecule has 2 rings (SSSR count). The van der Waals surface area contributed by atoms with Gasteiger partial charge in [-0.25, -0.2) is 24.0 Å². The maximum atomic E-state index is 12.3. The number of nitrogens with zero attached hydrogens (tertiary/aromatic N) is 2. The van der Waals surface area contributed by atoms with Gasteiger partial charge in [-0.3, -0.25) is 0 Å². The molecule has 0 amide bonds. The van der Waals surface area contributed by atoms with Gasteiger partial charge in [0, 0.05) is 17.2 Å². The normalized spacial score (nSPS) is 16.3. The highest BCUT2D eigenvalue weighted by molar-refractivity contribution is 9.10. The van der Waals surface area contributed by atoms with E-state index >= 15 is 0 Å². The molecule has 0 aromatic carbocycles. The summed E-state index contributed by atoms with van der Waals surface area (Å²) in [6.07, 6.45) is 4.75. The van der Waals surface area contributed by atoms with Crippen molar-refractivity contribution >= 4 is 31.8 Å². The van der Waals surface area contributed by atoms with Crippen molar-refractivity contribution in [3.8, 4) is 0 Å². The molecule has 1 aliphatic rings.